The lowest BCUT2D eigenvalue weighted by Crippen LogP contribution is -2.16. The van der Waals surface area contributed by atoms with Gasteiger partial charge in [0, 0.05) is 6.20 Å². The summed E-state index contributed by atoms with van der Waals surface area (Å²) in [6.45, 7) is -0.390. The van der Waals surface area contributed by atoms with E-state index in [0.717, 1.165) is 12.3 Å². The van der Waals surface area contributed by atoms with E-state index in [0.29, 0.717) is 22.1 Å². The van der Waals surface area contributed by atoms with E-state index in [-0.39, 0.29) is 24.1 Å². The number of hydrogen-bond acceptors (Lipinski definition) is 6. The standard InChI is InChI=1S/C20H11F6N3O3/c21-19(22,23)16-7-8-27-17(28-16)10-30-18-14-9-12(3-6-15(14)32-29-18)11-1-4-13(5-2-11)31-20(24,25)26/h1-9H,10H2. The second kappa shape index (κ2) is 8.02. The van der Waals surface area contributed by atoms with Crippen molar-refractivity contribution in [3.8, 4) is 22.8 Å². The molecule has 0 atom stereocenters. The molecule has 0 bridgehead atoms. The van der Waals surface area contributed by atoms with Crippen LogP contribution in [0.5, 0.6) is 11.6 Å². The fourth-order valence-corrected chi connectivity index (χ4v) is 2.81. The lowest BCUT2D eigenvalue weighted by atomic mass is 10.0. The van der Waals surface area contributed by atoms with Gasteiger partial charge in [-0.25, -0.2) is 9.97 Å². The number of rotatable bonds is 5. The Balaban J connectivity index is 1.54. The van der Waals surface area contributed by atoms with Crippen LogP contribution in [0.1, 0.15) is 11.5 Å². The first-order chi connectivity index (χ1) is 15.1. The van der Waals surface area contributed by atoms with Crippen LogP contribution in [-0.4, -0.2) is 21.5 Å². The second-order valence-electron chi connectivity index (χ2n) is 6.42. The molecule has 0 spiro atoms. The molecule has 0 unspecified atom stereocenters. The molecule has 2 aromatic heterocycles. The summed E-state index contributed by atoms with van der Waals surface area (Å²) >= 11 is 0. The quantitative estimate of drug-likeness (QED) is 0.355. The van der Waals surface area contributed by atoms with Crippen molar-refractivity contribution in [2.45, 2.75) is 19.1 Å². The average molecular weight is 455 g/mol. The van der Waals surface area contributed by atoms with Gasteiger partial charge in [-0.1, -0.05) is 18.2 Å². The lowest BCUT2D eigenvalue weighted by Gasteiger charge is -2.09. The van der Waals surface area contributed by atoms with Crippen LogP contribution in [-0.2, 0) is 12.8 Å². The van der Waals surface area contributed by atoms with Gasteiger partial charge >= 0.3 is 12.5 Å². The summed E-state index contributed by atoms with van der Waals surface area (Å²) in [5.41, 5.74) is 0.427. The van der Waals surface area contributed by atoms with Gasteiger partial charge in [0.25, 0.3) is 5.88 Å². The van der Waals surface area contributed by atoms with Crippen LogP contribution in [0.25, 0.3) is 22.1 Å². The second-order valence-corrected chi connectivity index (χ2v) is 6.42. The Morgan fingerprint density at radius 1 is 0.875 bits per heavy atom. The average Bonchev–Trinajstić information content (AvgIpc) is 3.13. The summed E-state index contributed by atoms with van der Waals surface area (Å²) in [6.07, 6.45) is -8.44. The first-order valence-electron chi connectivity index (χ1n) is 8.86. The third-order valence-electron chi connectivity index (χ3n) is 4.19. The lowest BCUT2D eigenvalue weighted by molar-refractivity contribution is -0.274. The highest BCUT2D eigenvalue weighted by atomic mass is 19.4. The molecule has 6 nitrogen and oxygen atoms in total. The summed E-state index contributed by atoms with van der Waals surface area (Å²) in [4.78, 5) is 7.16. The van der Waals surface area contributed by atoms with Gasteiger partial charge in [0.05, 0.1) is 5.39 Å². The summed E-state index contributed by atoms with van der Waals surface area (Å²) < 4.78 is 89.7. The van der Waals surface area contributed by atoms with Gasteiger partial charge in [-0.15, -0.1) is 13.2 Å². The molecular weight excluding hydrogens is 444 g/mol. The number of hydrogen-bond donors (Lipinski definition) is 0. The molecule has 0 aliphatic heterocycles. The van der Waals surface area contributed by atoms with Crippen molar-refractivity contribution in [2.24, 2.45) is 0 Å². The van der Waals surface area contributed by atoms with Gasteiger partial charge in [0.15, 0.2) is 11.4 Å². The summed E-state index contributed by atoms with van der Waals surface area (Å²) in [5, 5.41) is 4.16. The summed E-state index contributed by atoms with van der Waals surface area (Å²) in [5.74, 6) is -0.565. The van der Waals surface area contributed by atoms with Crippen LogP contribution in [0.2, 0.25) is 0 Å². The Morgan fingerprint density at radius 3 is 2.28 bits per heavy atom. The van der Waals surface area contributed by atoms with Crippen LogP contribution in [0.15, 0.2) is 59.3 Å². The summed E-state index contributed by atoms with van der Waals surface area (Å²) in [6, 6.07) is 10.8. The zero-order valence-electron chi connectivity index (χ0n) is 15.7. The number of ether oxygens (including phenoxy) is 2. The van der Waals surface area contributed by atoms with Crippen molar-refractivity contribution in [2.75, 3.05) is 0 Å². The smallest absolute Gasteiger partial charge is 0.467 e. The number of alkyl halides is 6. The molecule has 0 fully saturated rings. The number of nitrogens with zero attached hydrogens (tertiary/aromatic N) is 3. The summed E-state index contributed by atoms with van der Waals surface area (Å²) in [7, 11) is 0. The first kappa shape index (κ1) is 21.4. The molecule has 0 aliphatic rings. The van der Waals surface area contributed by atoms with Crippen molar-refractivity contribution in [3.63, 3.8) is 0 Å². The minimum absolute atomic E-state index is 0.000105. The van der Waals surface area contributed by atoms with Gasteiger partial charge in [0.1, 0.15) is 18.1 Å². The van der Waals surface area contributed by atoms with E-state index < -0.39 is 18.2 Å². The van der Waals surface area contributed by atoms with Gasteiger partial charge in [-0.05, 0) is 46.6 Å². The zero-order chi connectivity index (χ0) is 22.9. The van der Waals surface area contributed by atoms with Crippen molar-refractivity contribution < 1.29 is 40.3 Å². The van der Waals surface area contributed by atoms with Gasteiger partial charge in [-0.3, -0.25) is 0 Å². The fraction of sp³-hybridized carbons (Fsp3) is 0.150. The molecule has 2 heterocycles. The van der Waals surface area contributed by atoms with Gasteiger partial charge in [-0.2, -0.15) is 13.2 Å². The topological polar surface area (TPSA) is 70.3 Å². The van der Waals surface area contributed by atoms with E-state index in [2.05, 4.69) is 19.9 Å². The Morgan fingerprint density at radius 2 is 1.59 bits per heavy atom. The highest BCUT2D eigenvalue weighted by molar-refractivity contribution is 5.87. The van der Waals surface area contributed by atoms with E-state index >= 15 is 0 Å². The molecule has 0 radical (unpaired) electrons. The highest BCUT2D eigenvalue weighted by Gasteiger charge is 2.33. The third kappa shape index (κ3) is 4.90. The van der Waals surface area contributed by atoms with Crippen molar-refractivity contribution in [1.82, 2.24) is 15.1 Å². The molecule has 0 N–H and O–H groups in total. The van der Waals surface area contributed by atoms with Crippen LogP contribution in [0.4, 0.5) is 26.3 Å². The maximum atomic E-state index is 12.8. The van der Waals surface area contributed by atoms with Crippen LogP contribution >= 0.6 is 0 Å². The maximum Gasteiger partial charge on any atom is 0.573 e. The van der Waals surface area contributed by atoms with E-state index in [1.54, 1.807) is 18.2 Å². The fourth-order valence-electron chi connectivity index (χ4n) is 2.81. The first-order valence-corrected chi connectivity index (χ1v) is 8.86. The number of fused-ring (bicyclic) bond motifs is 1. The van der Waals surface area contributed by atoms with Crippen LogP contribution in [0, 0.1) is 0 Å². The highest BCUT2D eigenvalue weighted by Crippen LogP contribution is 2.32. The minimum atomic E-state index is -4.79. The van der Waals surface area contributed by atoms with Gasteiger partial charge in [0.2, 0.25) is 0 Å². The molecule has 0 aliphatic carbocycles. The van der Waals surface area contributed by atoms with Gasteiger partial charge < -0.3 is 14.0 Å². The van der Waals surface area contributed by atoms with Crippen molar-refractivity contribution >= 4 is 11.0 Å². The molecule has 166 valence electrons. The minimum Gasteiger partial charge on any atom is -0.467 e. The normalized spacial score (nSPS) is 12.2. The predicted molar refractivity (Wildman–Crippen MR) is 97.5 cm³/mol. The predicted octanol–water partition coefficient (Wildman–Crippen LogP) is 5.78. The Kier molecular flexibility index (Phi) is 5.36. The zero-order valence-corrected chi connectivity index (χ0v) is 15.7. The Labute approximate surface area is 175 Å². The van der Waals surface area contributed by atoms with Crippen LogP contribution in [0.3, 0.4) is 0 Å². The number of benzene rings is 2. The van der Waals surface area contributed by atoms with Crippen molar-refractivity contribution in [1.29, 1.82) is 0 Å². The number of aromatic nitrogens is 3. The van der Waals surface area contributed by atoms with E-state index in [1.165, 1.54) is 24.3 Å². The molecule has 4 aromatic rings. The Bertz CT molecular complexity index is 1240. The van der Waals surface area contributed by atoms with Crippen LogP contribution < -0.4 is 9.47 Å². The molecule has 2 aromatic carbocycles. The SMILES string of the molecule is FC(F)(F)Oc1ccc(-c2ccc3onc(OCc4nccc(C(F)(F)F)n4)c3c2)cc1. The van der Waals surface area contributed by atoms with E-state index in [9.17, 15) is 26.3 Å². The maximum absolute atomic E-state index is 12.8. The molecule has 32 heavy (non-hydrogen) atoms. The third-order valence-corrected chi connectivity index (χ3v) is 4.19. The monoisotopic (exact) mass is 455 g/mol. The molecule has 4 rings (SSSR count). The van der Waals surface area contributed by atoms with E-state index in [4.69, 9.17) is 9.26 Å². The largest absolute Gasteiger partial charge is 0.573 e. The Hall–Kier alpha value is -3.83. The number of halogens is 6. The molecule has 0 saturated heterocycles. The molecule has 0 saturated carbocycles. The molecule has 12 heteroatoms. The van der Waals surface area contributed by atoms with E-state index in [1.807, 2.05) is 0 Å². The molecular formula is C20H11F6N3O3. The van der Waals surface area contributed by atoms with Crippen molar-refractivity contribution in [3.05, 3.63) is 66.2 Å². The molecule has 0 amide bonds.